The van der Waals surface area contributed by atoms with Crippen LogP contribution in [0.2, 0.25) is 0 Å². The van der Waals surface area contributed by atoms with E-state index in [-0.39, 0.29) is 17.2 Å². The molecule has 2 rings (SSSR count). The van der Waals surface area contributed by atoms with Crippen molar-refractivity contribution in [3.63, 3.8) is 0 Å². The Morgan fingerprint density at radius 1 is 1.37 bits per heavy atom. The molecule has 2 N–H and O–H groups in total. The van der Waals surface area contributed by atoms with Gasteiger partial charge in [-0.3, -0.25) is 0 Å². The number of nitrogens with zero attached hydrogens (tertiary/aromatic N) is 2. The highest BCUT2D eigenvalue weighted by molar-refractivity contribution is 5.92. The molecule has 0 fully saturated rings. The number of carbonyl (C=O) groups is 1. The van der Waals surface area contributed by atoms with Crippen LogP contribution in [0.4, 0.5) is 0 Å². The lowest BCUT2D eigenvalue weighted by Crippen LogP contribution is -2.03. The van der Waals surface area contributed by atoms with Crippen LogP contribution in [-0.2, 0) is 6.42 Å². The van der Waals surface area contributed by atoms with Crippen molar-refractivity contribution in [2.75, 3.05) is 7.11 Å². The molecule has 6 nitrogen and oxygen atoms in total. The number of aromatic carboxylic acids is 1. The number of benzene rings is 1. The van der Waals surface area contributed by atoms with Gasteiger partial charge in [0.2, 0.25) is 5.88 Å². The van der Waals surface area contributed by atoms with Crippen molar-refractivity contribution in [1.29, 1.82) is 0 Å². The second kappa shape index (κ2) is 5.01. The molecule has 0 unspecified atom stereocenters. The number of carboxylic acid groups (broad SMARTS) is 1. The van der Waals surface area contributed by atoms with Gasteiger partial charge in [0.1, 0.15) is 11.3 Å². The van der Waals surface area contributed by atoms with Gasteiger partial charge in [-0.1, -0.05) is 6.92 Å². The highest BCUT2D eigenvalue weighted by atomic mass is 16.5. The van der Waals surface area contributed by atoms with E-state index in [1.165, 1.54) is 23.9 Å². The van der Waals surface area contributed by atoms with Crippen LogP contribution in [-0.4, -0.2) is 33.1 Å². The van der Waals surface area contributed by atoms with Crippen molar-refractivity contribution in [1.82, 2.24) is 9.78 Å². The minimum atomic E-state index is -1.07. The van der Waals surface area contributed by atoms with Gasteiger partial charge in [0, 0.05) is 0 Å². The number of rotatable bonds is 4. The molecule has 1 aromatic heterocycles. The number of hydrogen-bond acceptors (Lipinski definition) is 4. The van der Waals surface area contributed by atoms with Crippen molar-refractivity contribution in [3.05, 3.63) is 35.5 Å². The van der Waals surface area contributed by atoms with Crippen molar-refractivity contribution in [3.8, 4) is 17.3 Å². The number of aromatic nitrogens is 2. The van der Waals surface area contributed by atoms with E-state index >= 15 is 0 Å². The minimum Gasteiger partial charge on any atom is -0.508 e. The highest BCUT2D eigenvalue weighted by Crippen LogP contribution is 2.27. The largest absolute Gasteiger partial charge is 0.508 e. The smallest absolute Gasteiger partial charge is 0.343 e. The van der Waals surface area contributed by atoms with E-state index in [2.05, 4.69) is 5.10 Å². The Bertz CT molecular complexity index is 602. The molecule has 0 aliphatic carbocycles. The zero-order valence-electron chi connectivity index (χ0n) is 10.6. The Balaban J connectivity index is 2.63. The first kappa shape index (κ1) is 12.9. The summed E-state index contributed by atoms with van der Waals surface area (Å²) in [6.07, 6.45) is 0.489. The van der Waals surface area contributed by atoms with E-state index < -0.39 is 5.97 Å². The first-order valence-electron chi connectivity index (χ1n) is 5.77. The molecule has 0 radical (unpaired) electrons. The molecule has 1 aromatic carbocycles. The molecule has 2 aromatic rings. The van der Waals surface area contributed by atoms with Crippen molar-refractivity contribution in [2.24, 2.45) is 0 Å². The van der Waals surface area contributed by atoms with Gasteiger partial charge < -0.3 is 14.9 Å². The number of phenols is 1. The third kappa shape index (κ3) is 2.24. The standard InChI is InChI=1S/C13H14N2O4/c1-3-10-11(13(17)18)12(19-2)15(14-10)8-4-6-9(16)7-5-8/h4-7,16H,3H2,1-2H3,(H,17,18). The SMILES string of the molecule is CCc1nn(-c2ccc(O)cc2)c(OC)c1C(=O)O. The van der Waals surface area contributed by atoms with Crippen LogP contribution in [0, 0.1) is 0 Å². The molecule has 1 heterocycles. The molecule has 19 heavy (non-hydrogen) atoms. The fourth-order valence-corrected chi connectivity index (χ4v) is 1.87. The average Bonchev–Trinajstić information content (AvgIpc) is 2.78. The topological polar surface area (TPSA) is 84.6 Å². The monoisotopic (exact) mass is 262 g/mol. The quantitative estimate of drug-likeness (QED) is 0.878. The first-order chi connectivity index (χ1) is 9.08. The molecule has 0 saturated heterocycles. The molecule has 0 bridgehead atoms. The van der Waals surface area contributed by atoms with Gasteiger partial charge >= 0.3 is 5.97 Å². The third-order valence-corrected chi connectivity index (χ3v) is 2.75. The molecular weight excluding hydrogens is 248 g/mol. The molecule has 0 spiro atoms. The number of ether oxygens (including phenoxy) is 1. The van der Waals surface area contributed by atoms with Crippen LogP contribution in [0.3, 0.4) is 0 Å². The second-order valence-corrected chi connectivity index (χ2v) is 3.92. The van der Waals surface area contributed by atoms with Gasteiger partial charge in [0.25, 0.3) is 0 Å². The number of hydrogen-bond donors (Lipinski definition) is 2. The molecule has 0 amide bonds. The van der Waals surface area contributed by atoms with Gasteiger partial charge in [-0.2, -0.15) is 5.10 Å². The van der Waals surface area contributed by atoms with E-state index in [1.807, 2.05) is 6.92 Å². The zero-order chi connectivity index (χ0) is 14.0. The molecule has 6 heteroatoms. The Morgan fingerprint density at radius 3 is 2.47 bits per heavy atom. The van der Waals surface area contributed by atoms with E-state index in [0.717, 1.165) is 0 Å². The summed E-state index contributed by atoms with van der Waals surface area (Å²) in [4.78, 5) is 11.3. The number of carboxylic acids is 1. The summed E-state index contributed by atoms with van der Waals surface area (Å²) in [5, 5.41) is 22.8. The normalized spacial score (nSPS) is 10.4. The number of methoxy groups -OCH3 is 1. The fraction of sp³-hybridized carbons (Fsp3) is 0.231. The summed E-state index contributed by atoms with van der Waals surface area (Å²) in [6.45, 7) is 1.83. The maximum absolute atomic E-state index is 11.3. The molecule has 0 aliphatic heterocycles. The van der Waals surface area contributed by atoms with Crippen LogP contribution < -0.4 is 4.74 Å². The summed E-state index contributed by atoms with van der Waals surface area (Å²) in [6, 6.07) is 6.27. The van der Waals surface area contributed by atoms with Crippen molar-refractivity contribution >= 4 is 5.97 Å². The van der Waals surface area contributed by atoms with Crippen LogP contribution in [0.15, 0.2) is 24.3 Å². The highest BCUT2D eigenvalue weighted by Gasteiger charge is 2.24. The van der Waals surface area contributed by atoms with Gasteiger partial charge in [0.15, 0.2) is 0 Å². The molecule has 0 aliphatic rings. The Hall–Kier alpha value is -2.50. The maximum Gasteiger partial charge on any atom is 0.343 e. The molecule has 0 atom stereocenters. The number of aryl methyl sites for hydroxylation is 1. The summed E-state index contributed by atoms with van der Waals surface area (Å²) in [5.41, 5.74) is 1.15. The van der Waals surface area contributed by atoms with E-state index in [4.69, 9.17) is 4.74 Å². The Kier molecular flexibility index (Phi) is 3.41. The lowest BCUT2D eigenvalue weighted by Gasteiger charge is -2.06. The van der Waals surface area contributed by atoms with Crippen molar-refractivity contribution < 1.29 is 19.7 Å². The van der Waals surface area contributed by atoms with Gasteiger partial charge in [-0.15, -0.1) is 0 Å². The van der Waals surface area contributed by atoms with Crippen LogP contribution in [0.25, 0.3) is 5.69 Å². The third-order valence-electron chi connectivity index (χ3n) is 2.75. The van der Waals surface area contributed by atoms with E-state index in [9.17, 15) is 15.0 Å². The molecule has 100 valence electrons. The summed E-state index contributed by atoms with van der Waals surface area (Å²) < 4.78 is 6.58. The fourth-order valence-electron chi connectivity index (χ4n) is 1.87. The van der Waals surface area contributed by atoms with Gasteiger partial charge in [0.05, 0.1) is 18.5 Å². The Labute approximate surface area is 109 Å². The van der Waals surface area contributed by atoms with E-state index in [1.54, 1.807) is 12.1 Å². The number of phenolic OH excluding ortho intramolecular Hbond substituents is 1. The second-order valence-electron chi connectivity index (χ2n) is 3.92. The van der Waals surface area contributed by atoms with Crippen LogP contribution in [0.1, 0.15) is 23.0 Å². The first-order valence-corrected chi connectivity index (χ1v) is 5.77. The summed E-state index contributed by atoms with van der Waals surface area (Å²) in [5.74, 6) is -0.766. The average molecular weight is 262 g/mol. The molecule has 0 saturated carbocycles. The minimum absolute atomic E-state index is 0.0677. The van der Waals surface area contributed by atoms with E-state index in [0.29, 0.717) is 17.8 Å². The lowest BCUT2D eigenvalue weighted by molar-refractivity contribution is 0.0692. The Morgan fingerprint density at radius 2 is 2.00 bits per heavy atom. The summed E-state index contributed by atoms with van der Waals surface area (Å²) >= 11 is 0. The summed E-state index contributed by atoms with van der Waals surface area (Å²) in [7, 11) is 1.40. The number of aromatic hydroxyl groups is 1. The zero-order valence-corrected chi connectivity index (χ0v) is 10.6. The van der Waals surface area contributed by atoms with Gasteiger partial charge in [-0.25, -0.2) is 9.48 Å². The molecular formula is C13H14N2O4. The van der Waals surface area contributed by atoms with Gasteiger partial charge in [-0.05, 0) is 30.7 Å². The van der Waals surface area contributed by atoms with Crippen LogP contribution >= 0.6 is 0 Å². The maximum atomic E-state index is 11.3. The van der Waals surface area contributed by atoms with Crippen molar-refractivity contribution in [2.45, 2.75) is 13.3 Å². The predicted octanol–water partition coefficient (Wildman–Crippen LogP) is 1.85. The predicted molar refractivity (Wildman–Crippen MR) is 68.1 cm³/mol. The van der Waals surface area contributed by atoms with Crippen LogP contribution in [0.5, 0.6) is 11.6 Å². The lowest BCUT2D eigenvalue weighted by atomic mass is 10.2.